The number of aliphatic imine (C=N–C) groups is 1. The molecule has 5 rings (SSSR count). The zero-order valence-corrected chi connectivity index (χ0v) is 30.2. The summed E-state index contributed by atoms with van der Waals surface area (Å²) in [6.07, 6.45) is 15.4. The van der Waals surface area contributed by atoms with E-state index in [-0.39, 0.29) is 41.0 Å². The van der Waals surface area contributed by atoms with Gasteiger partial charge in [-0.1, -0.05) is 59.8 Å². The largest absolute Gasteiger partial charge is 0.362 e. The molecule has 276 valence electrons. The third-order valence-corrected chi connectivity index (χ3v) is 11.2. The van der Waals surface area contributed by atoms with Gasteiger partial charge in [0.2, 0.25) is 29.9 Å². The van der Waals surface area contributed by atoms with Crippen molar-refractivity contribution in [2.45, 2.75) is 141 Å². The van der Waals surface area contributed by atoms with Crippen molar-refractivity contribution in [2.75, 3.05) is 6.54 Å². The Morgan fingerprint density at radius 1 is 0.980 bits per heavy atom. The molecule has 1 saturated heterocycles. The quantitative estimate of drug-likeness (QED) is 0.129. The zero-order valence-electron chi connectivity index (χ0n) is 30.2. The summed E-state index contributed by atoms with van der Waals surface area (Å²) in [6, 6.07) is -2.72. The molecule has 7 atom stereocenters. The highest BCUT2D eigenvalue weighted by Gasteiger charge is 2.53. The molecular weight excluding hydrogens is 638 g/mol. The minimum Gasteiger partial charge on any atom is -0.362 e. The van der Waals surface area contributed by atoms with Gasteiger partial charge in [0.05, 0.1) is 18.2 Å². The van der Waals surface area contributed by atoms with Crippen molar-refractivity contribution in [3.63, 3.8) is 0 Å². The summed E-state index contributed by atoms with van der Waals surface area (Å²) in [5.41, 5.74) is -1.63. The standard InChI is InChI=1S/C37H57N7O6/c1-5-10-27(31(46)34(49)41-25-15-16-25)42-33(48)30-26-14-9-13-24(26)20-44(30)35(50)28(19-36(2,3)4)43-32(47)29(23-11-7-6-8-12-23)37(40-22-45)21-38-17-18-39-37/h17-18,21-30,39H,5-16,19-20H2,1-4H3,(H,40,45)(H,41,49)(H,42,48)(H,43,47). The molecule has 13 nitrogen and oxygen atoms in total. The summed E-state index contributed by atoms with van der Waals surface area (Å²) in [4.78, 5) is 87.2. The number of likely N-dealkylation sites (tertiary alicyclic amines) is 1. The average molecular weight is 696 g/mol. The normalized spacial score (nSPS) is 28.1. The lowest BCUT2D eigenvalue weighted by Crippen LogP contribution is -2.68. The summed E-state index contributed by atoms with van der Waals surface area (Å²) in [5.74, 6) is -3.24. The molecule has 3 aliphatic carbocycles. The van der Waals surface area contributed by atoms with Crippen LogP contribution >= 0.6 is 0 Å². The van der Waals surface area contributed by atoms with Crippen LogP contribution in [0.3, 0.4) is 0 Å². The summed E-state index contributed by atoms with van der Waals surface area (Å²) in [7, 11) is 0. The first-order valence-electron chi connectivity index (χ1n) is 18.8. The van der Waals surface area contributed by atoms with Crippen LogP contribution in [-0.2, 0) is 28.8 Å². The second kappa shape index (κ2) is 16.1. The fourth-order valence-electron chi connectivity index (χ4n) is 8.71. The minimum atomic E-state index is -1.27. The number of amides is 5. The van der Waals surface area contributed by atoms with E-state index in [1.165, 1.54) is 0 Å². The molecule has 13 heteroatoms. The van der Waals surface area contributed by atoms with Crippen LogP contribution in [0, 0.1) is 29.1 Å². The van der Waals surface area contributed by atoms with E-state index < -0.39 is 47.3 Å². The Kier molecular flexibility index (Phi) is 12.0. The Morgan fingerprint density at radius 2 is 1.72 bits per heavy atom. The molecule has 3 saturated carbocycles. The Balaban J connectivity index is 1.41. The van der Waals surface area contributed by atoms with E-state index in [4.69, 9.17) is 0 Å². The molecule has 5 aliphatic rings. The van der Waals surface area contributed by atoms with Crippen molar-refractivity contribution in [1.29, 1.82) is 0 Å². The van der Waals surface area contributed by atoms with Gasteiger partial charge in [0.15, 0.2) is 5.66 Å². The van der Waals surface area contributed by atoms with Gasteiger partial charge >= 0.3 is 0 Å². The van der Waals surface area contributed by atoms with E-state index >= 15 is 0 Å². The Hall–Kier alpha value is -3.77. The fraction of sp³-hybridized carbons (Fsp3) is 0.757. The summed E-state index contributed by atoms with van der Waals surface area (Å²) in [5, 5.41) is 14.8. The third-order valence-electron chi connectivity index (χ3n) is 11.2. The van der Waals surface area contributed by atoms with E-state index in [0.29, 0.717) is 32.2 Å². The van der Waals surface area contributed by atoms with Crippen LogP contribution in [0.4, 0.5) is 0 Å². The van der Waals surface area contributed by atoms with E-state index in [9.17, 15) is 28.8 Å². The van der Waals surface area contributed by atoms with Crippen LogP contribution in [0.25, 0.3) is 0 Å². The number of carbonyl (C=O) groups excluding carboxylic acids is 6. The lowest BCUT2D eigenvalue weighted by atomic mass is 9.73. The van der Waals surface area contributed by atoms with Gasteiger partial charge in [0.25, 0.3) is 5.91 Å². The second-order valence-corrected chi connectivity index (χ2v) is 16.3. The molecule has 0 aromatic rings. The number of Topliss-reactive ketones (excluding diaryl/α,β-unsaturated/α-hetero) is 1. The molecule has 5 amide bonds. The number of fused-ring (bicyclic) bond motifs is 1. The summed E-state index contributed by atoms with van der Waals surface area (Å²) in [6.45, 7) is 8.29. The van der Waals surface area contributed by atoms with Crippen molar-refractivity contribution >= 4 is 42.0 Å². The molecule has 0 aromatic heterocycles. The number of nitrogens with zero attached hydrogens (tertiary/aromatic N) is 2. The van der Waals surface area contributed by atoms with Crippen LogP contribution in [0.2, 0.25) is 0 Å². The van der Waals surface area contributed by atoms with Gasteiger partial charge in [-0.25, -0.2) is 0 Å². The number of hydrogen-bond donors (Lipinski definition) is 5. The minimum absolute atomic E-state index is 0.0148. The molecule has 5 N–H and O–H groups in total. The predicted octanol–water partition coefficient (Wildman–Crippen LogP) is 2.45. The van der Waals surface area contributed by atoms with E-state index in [1.807, 2.05) is 27.7 Å². The molecule has 2 aliphatic heterocycles. The molecule has 4 fully saturated rings. The summed E-state index contributed by atoms with van der Waals surface area (Å²) >= 11 is 0. The smallest absolute Gasteiger partial charge is 0.289 e. The van der Waals surface area contributed by atoms with Crippen LogP contribution in [0.5, 0.6) is 0 Å². The molecule has 2 heterocycles. The molecule has 0 aromatic carbocycles. The molecular formula is C37H57N7O6. The number of hydrogen-bond acceptors (Lipinski definition) is 8. The van der Waals surface area contributed by atoms with Gasteiger partial charge in [-0.15, -0.1) is 0 Å². The monoisotopic (exact) mass is 695 g/mol. The van der Waals surface area contributed by atoms with Gasteiger partial charge in [-0.2, -0.15) is 0 Å². The predicted molar refractivity (Wildman–Crippen MR) is 188 cm³/mol. The van der Waals surface area contributed by atoms with Crippen molar-refractivity contribution in [1.82, 2.24) is 31.5 Å². The summed E-state index contributed by atoms with van der Waals surface area (Å²) < 4.78 is 0. The van der Waals surface area contributed by atoms with E-state index in [1.54, 1.807) is 23.5 Å². The maximum atomic E-state index is 14.7. The van der Waals surface area contributed by atoms with Gasteiger partial charge in [-0.05, 0) is 74.5 Å². The number of ketones is 1. The average Bonchev–Trinajstić information content (AvgIpc) is 3.64. The molecule has 0 bridgehead atoms. The highest BCUT2D eigenvalue weighted by atomic mass is 16.2. The fourth-order valence-corrected chi connectivity index (χ4v) is 8.71. The highest BCUT2D eigenvalue weighted by Crippen LogP contribution is 2.43. The first-order chi connectivity index (χ1) is 23.9. The van der Waals surface area contributed by atoms with E-state index in [2.05, 4.69) is 31.6 Å². The molecule has 0 spiro atoms. The first kappa shape index (κ1) is 37.5. The van der Waals surface area contributed by atoms with Crippen LogP contribution in [-0.4, -0.2) is 83.3 Å². The third kappa shape index (κ3) is 8.74. The van der Waals surface area contributed by atoms with Gasteiger partial charge in [-0.3, -0.25) is 33.8 Å². The van der Waals surface area contributed by atoms with Crippen molar-refractivity contribution in [2.24, 2.45) is 34.1 Å². The molecule has 0 radical (unpaired) electrons. The Morgan fingerprint density at radius 3 is 2.34 bits per heavy atom. The Bertz CT molecular complexity index is 1350. The van der Waals surface area contributed by atoms with Crippen LogP contribution in [0.1, 0.15) is 111 Å². The number of rotatable bonds is 15. The molecule has 7 unspecified atom stereocenters. The first-order valence-corrected chi connectivity index (χ1v) is 18.8. The SMILES string of the molecule is CCCC(NC(=O)C1C2CCCC2CN1C(=O)C(CC(C)(C)C)NC(=O)C(C1CCCCC1)C1(NC=O)C=NC=CN1)C(=O)C(=O)NC1CC1. The van der Waals surface area contributed by atoms with Gasteiger partial charge in [0, 0.05) is 25.0 Å². The van der Waals surface area contributed by atoms with E-state index in [0.717, 1.165) is 64.2 Å². The number of carbonyl (C=O) groups is 6. The van der Waals surface area contributed by atoms with Crippen LogP contribution < -0.4 is 26.6 Å². The van der Waals surface area contributed by atoms with Crippen molar-refractivity contribution in [3.05, 3.63) is 12.4 Å². The number of nitrogens with one attached hydrogen (secondary N) is 5. The highest BCUT2D eigenvalue weighted by molar-refractivity contribution is 6.38. The maximum Gasteiger partial charge on any atom is 0.289 e. The molecule has 50 heavy (non-hydrogen) atoms. The lowest BCUT2D eigenvalue weighted by Gasteiger charge is -2.43. The zero-order chi connectivity index (χ0) is 36.1. The van der Waals surface area contributed by atoms with Gasteiger partial charge < -0.3 is 31.5 Å². The van der Waals surface area contributed by atoms with Crippen LogP contribution in [0.15, 0.2) is 17.4 Å². The lowest BCUT2D eigenvalue weighted by molar-refractivity contribution is -0.145. The maximum absolute atomic E-state index is 14.7. The van der Waals surface area contributed by atoms with Gasteiger partial charge in [0.1, 0.15) is 12.1 Å². The second-order valence-electron chi connectivity index (χ2n) is 16.3. The van der Waals surface area contributed by atoms with Crippen molar-refractivity contribution < 1.29 is 28.8 Å². The topological polar surface area (TPSA) is 178 Å². The Labute approximate surface area is 296 Å². The van der Waals surface area contributed by atoms with Crippen molar-refractivity contribution in [3.8, 4) is 0 Å².